The topological polar surface area (TPSA) is 98.3 Å². The monoisotopic (exact) mass is 267 g/mol. The molecule has 0 saturated heterocycles. The van der Waals surface area contributed by atoms with Crippen LogP contribution in [0.1, 0.15) is 19.3 Å². The smallest absolute Gasteiger partial charge is 0.295 e. The van der Waals surface area contributed by atoms with E-state index in [-0.39, 0.29) is 6.54 Å². The molecule has 0 spiro atoms. The number of hydrogen-bond donors (Lipinski definition) is 2. The number of para-hydroxylation sites is 1. The fourth-order valence-electron chi connectivity index (χ4n) is 2.16. The lowest BCUT2D eigenvalue weighted by Gasteiger charge is -2.38. The summed E-state index contributed by atoms with van der Waals surface area (Å²) < 4.78 is 13.6. The Morgan fingerprint density at radius 3 is 2.68 bits per heavy atom. The zero-order valence-corrected chi connectivity index (χ0v) is 10.2. The van der Waals surface area contributed by atoms with Crippen LogP contribution in [-0.4, -0.2) is 17.4 Å². The van der Waals surface area contributed by atoms with Gasteiger partial charge < -0.3 is 11.1 Å². The van der Waals surface area contributed by atoms with Crippen molar-refractivity contribution in [2.45, 2.75) is 19.3 Å². The minimum absolute atomic E-state index is 0.154. The van der Waals surface area contributed by atoms with Crippen molar-refractivity contribution >= 4 is 17.3 Å². The number of hydrogen-bond acceptors (Lipinski definition) is 4. The highest BCUT2D eigenvalue weighted by molar-refractivity contribution is 5.98. The van der Waals surface area contributed by atoms with E-state index in [2.05, 4.69) is 5.32 Å². The Morgan fingerprint density at radius 2 is 2.21 bits per heavy atom. The molecular weight excluding hydrogens is 253 g/mol. The van der Waals surface area contributed by atoms with Gasteiger partial charge in [0.1, 0.15) is 0 Å². The third kappa shape index (κ3) is 2.28. The van der Waals surface area contributed by atoms with Crippen molar-refractivity contribution in [2.24, 2.45) is 11.1 Å². The van der Waals surface area contributed by atoms with Crippen molar-refractivity contribution in [3.8, 4) is 0 Å². The summed E-state index contributed by atoms with van der Waals surface area (Å²) in [6, 6.07) is 3.44. The fraction of sp³-hybridized carbons (Fsp3) is 0.417. The quantitative estimate of drug-likeness (QED) is 0.642. The van der Waals surface area contributed by atoms with E-state index < -0.39 is 33.4 Å². The second kappa shape index (κ2) is 4.93. The molecule has 7 heteroatoms. The van der Waals surface area contributed by atoms with Crippen molar-refractivity contribution in [2.75, 3.05) is 11.9 Å². The molecule has 0 unspecified atom stereocenters. The minimum Gasteiger partial charge on any atom is -0.329 e. The molecule has 102 valence electrons. The zero-order valence-electron chi connectivity index (χ0n) is 10.2. The summed E-state index contributed by atoms with van der Waals surface area (Å²) in [4.78, 5) is 22.2. The van der Waals surface area contributed by atoms with Crippen LogP contribution < -0.4 is 11.1 Å². The summed E-state index contributed by atoms with van der Waals surface area (Å²) in [6.45, 7) is 0.154. The molecule has 0 aromatic heterocycles. The van der Waals surface area contributed by atoms with Gasteiger partial charge in [-0.15, -0.1) is 0 Å². The Labute approximate surface area is 108 Å². The summed E-state index contributed by atoms with van der Waals surface area (Å²) in [5.41, 5.74) is 4.01. The van der Waals surface area contributed by atoms with Gasteiger partial charge in [0.15, 0.2) is 11.5 Å². The standard InChI is InChI=1S/C12H14FN3O3/c13-8-3-1-4-9(16(18)19)10(8)15-11(17)12(7-14)5-2-6-12/h1,3-4H,2,5-7,14H2,(H,15,17). The Bertz CT molecular complexity index is 523. The van der Waals surface area contributed by atoms with Crippen LogP contribution in [0.25, 0.3) is 0 Å². The van der Waals surface area contributed by atoms with Crippen LogP contribution in [0.15, 0.2) is 18.2 Å². The van der Waals surface area contributed by atoms with E-state index in [9.17, 15) is 19.3 Å². The average Bonchev–Trinajstić information content (AvgIpc) is 2.30. The lowest BCUT2D eigenvalue weighted by atomic mass is 9.68. The lowest BCUT2D eigenvalue weighted by molar-refractivity contribution is -0.384. The van der Waals surface area contributed by atoms with E-state index in [1.807, 2.05) is 0 Å². The molecule has 1 aromatic rings. The lowest BCUT2D eigenvalue weighted by Crippen LogP contribution is -2.47. The Hall–Kier alpha value is -2.02. The van der Waals surface area contributed by atoms with Gasteiger partial charge in [-0.1, -0.05) is 12.5 Å². The minimum atomic E-state index is -0.825. The first-order valence-corrected chi connectivity index (χ1v) is 5.94. The Kier molecular flexibility index (Phi) is 3.48. The molecule has 1 saturated carbocycles. The van der Waals surface area contributed by atoms with Gasteiger partial charge in [0.2, 0.25) is 5.91 Å². The molecule has 1 fully saturated rings. The molecule has 0 heterocycles. The van der Waals surface area contributed by atoms with Crippen LogP contribution in [0, 0.1) is 21.3 Å². The average molecular weight is 267 g/mol. The van der Waals surface area contributed by atoms with Crippen LogP contribution in [0.5, 0.6) is 0 Å². The third-order valence-electron chi connectivity index (χ3n) is 3.61. The van der Waals surface area contributed by atoms with Crippen LogP contribution in [0.3, 0.4) is 0 Å². The highest BCUT2D eigenvalue weighted by Crippen LogP contribution is 2.41. The Morgan fingerprint density at radius 1 is 1.53 bits per heavy atom. The van der Waals surface area contributed by atoms with Gasteiger partial charge in [0.25, 0.3) is 5.69 Å². The molecule has 2 rings (SSSR count). The van der Waals surface area contributed by atoms with Crippen molar-refractivity contribution < 1.29 is 14.1 Å². The molecule has 19 heavy (non-hydrogen) atoms. The Balaban J connectivity index is 2.28. The second-order valence-electron chi connectivity index (χ2n) is 4.68. The van der Waals surface area contributed by atoms with Gasteiger partial charge in [-0.3, -0.25) is 14.9 Å². The maximum absolute atomic E-state index is 13.6. The molecule has 0 aliphatic heterocycles. The van der Waals surface area contributed by atoms with Crippen molar-refractivity contribution in [3.05, 3.63) is 34.1 Å². The number of nitrogens with two attached hydrogens (primary N) is 1. The largest absolute Gasteiger partial charge is 0.329 e. The maximum Gasteiger partial charge on any atom is 0.295 e. The number of nitro groups is 1. The summed E-state index contributed by atoms with van der Waals surface area (Å²) in [6.07, 6.45) is 2.12. The highest BCUT2D eigenvalue weighted by atomic mass is 19.1. The number of halogens is 1. The molecule has 1 aliphatic carbocycles. The van der Waals surface area contributed by atoms with Gasteiger partial charge >= 0.3 is 0 Å². The van der Waals surface area contributed by atoms with Crippen LogP contribution in [0.4, 0.5) is 15.8 Å². The number of nitrogens with zero attached hydrogens (tertiary/aromatic N) is 1. The zero-order chi connectivity index (χ0) is 14.0. The summed E-state index contributed by atoms with van der Waals surface area (Å²) in [7, 11) is 0. The summed E-state index contributed by atoms with van der Waals surface area (Å²) in [5, 5.41) is 13.1. The van der Waals surface area contributed by atoms with Gasteiger partial charge in [-0.25, -0.2) is 4.39 Å². The fourth-order valence-corrected chi connectivity index (χ4v) is 2.16. The van der Waals surface area contributed by atoms with Crippen molar-refractivity contribution in [3.63, 3.8) is 0 Å². The molecule has 0 atom stereocenters. The first-order valence-electron chi connectivity index (χ1n) is 5.94. The first kappa shape index (κ1) is 13.4. The molecule has 6 nitrogen and oxygen atoms in total. The molecule has 1 aliphatic rings. The number of benzene rings is 1. The van der Waals surface area contributed by atoms with Gasteiger partial charge in [0, 0.05) is 12.6 Å². The molecule has 0 radical (unpaired) electrons. The number of carbonyl (C=O) groups excluding carboxylic acids is 1. The first-order chi connectivity index (χ1) is 9.00. The molecule has 3 N–H and O–H groups in total. The van der Waals surface area contributed by atoms with Crippen molar-refractivity contribution in [1.29, 1.82) is 0 Å². The number of anilines is 1. The van der Waals surface area contributed by atoms with E-state index in [1.54, 1.807) is 0 Å². The number of rotatable bonds is 4. The number of nitro benzene ring substituents is 1. The van der Waals surface area contributed by atoms with E-state index in [4.69, 9.17) is 5.73 Å². The van der Waals surface area contributed by atoms with E-state index >= 15 is 0 Å². The second-order valence-corrected chi connectivity index (χ2v) is 4.68. The molecule has 0 bridgehead atoms. The van der Waals surface area contributed by atoms with Gasteiger partial charge in [-0.05, 0) is 18.9 Å². The predicted octanol–water partition coefficient (Wildman–Crippen LogP) is 1.80. The van der Waals surface area contributed by atoms with Gasteiger partial charge in [-0.2, -0.15) is 0 Å². The predicted molar refractivity (Wildman–Crippen MR) is 67.0 cm³/mol. The molecular formula is C12H14FN3O3. The van der Waals surface area contributed by atoms with Crippen LogP contribution in [-0.2, 0) is 4.79 Å². The SMILES string of the molecule is NCC1(C(=O)Nc2c(F)cccc2[N+](=O)[O-])CCC1. The number of amides is 1. The van der Waals surface area contributed by atoms with Crippen LogP contribution in [0.2, 0.25) is 0 Å². The van der Waals surface area contributed by atoms with E-state index in [1.165, 1.54) is 6.07 Å². The molecule has 1 aromatic carbocycles. The number of nitrogens with one attached hydrogen (secondary N) is 1. The van der Waals surface area contributed by atoms with Crippen LogP contribution >= 0.6 is 0 Å². The van der Waals surface area contributed by atoms with Gasteiger partial charge in [0.05, 0.1) is 10.3 Å². The van der Waals surface area contributed by atoms with Crippen molar-refractivity contribution in [1.82, 2.24) is 0 Å². The maximum atomic E-state index is 13.6. The third-order valence-corrected chi connectivity index (χ3v) is 3.61. The highest BCUT2D eigenvalue weighted by Gasteiger charge is 2.43. The summed E-state index contributed by atoms with van der Waals surface area (Å²) in [5.74, 6) is -1.27. The molecule has 1 amide bonds. The normalized spacial score (nSPS) is 16.5. The van der Waals surface area contributed by atoms with E-state index in [0.717, 1.165) is 18.6 Å². The summed E-state index contributed by atoms with van der Waals surface area (Å²) >= 11 is 0. The number of carbonyl (C=O) groups is 1. The van der Waals surface area contributed by atoms with E-state index in [0.29, 0.717) is 12.8 Å².